The minimum atomic E-state index is -0.284. The maximum absolute atomic E-state index is 12.2. The molecule has 0 unspecified atom stereocenters. The van der Waals surface area contributed by atoms with E-state index in [0.717, 1.165) is 5.56 Å². The van der Waals surface area contributed by atoms with E-state index in [9.17, 15) is 4.79 Å². The summed E-state index contributed by atoms with van der Waals surface area (Å²) in [4.78, 5) is 24.7. The first-order valence-electron chi connectivity index (χ1n) is 7.88. The molecule has 1 aromatic carbocycles. The van der Waals surface area contributed by atoms with Crippen molar-refractivity contribution in [1.29, 1.82) is 0 Å². The first-order valence-corrected chi connectivity index (χ1v) is 7.88. The number of nitrogens with zero attached hydrogens (tertiary/aromatic N) is 4. The molecule has 7 heteroatoms. The highest BCUT2D eigenvalue weighted by atomic mass is 16.5. The molecule has 0 spiro atoms. The molecule has 1 amide bonds. The molecule has 2 heterocycles. The van der Waals surface area contributed by atoms with Crippen LogP contribution in [0.2, 0.25) is 0 Å². The van der Waals surface area contributed by atoms with Gasteiger partial charge in [-0.3, -0.25) is 4.79 Å². The van der Waals surface area contributed by atoms with Crippen LogP contribution in [0.1, 0.15) is 43.0 Å². The number of carbonyl (C=O) groups excluding carboxylic acids is 1. The summed E-state index contributed by atoms with van der Waals surface area (Å²) in [6.07, 6.45) is 1.56. The molecule has 3 aromatic rings. The van der Waals surface area contributed by atoms with Gasteiger partial charge in [0.2, 0.25) is 11.7 Å². The van der Waals surface area contributed by atoms with Crippen LogP contribution in [-0.4, -0.2) is 26.0 Å². The zero-order valence-electron chi connectivity index (χ0n) is 14.6. The minimum absolute atomic E-state index is 0.200. The average molecular weight is 337 g/mol. The van der Waals surface area contributed by atoms with Crippen LogP contribution < -0.4 is 5.32 Å². The van der Waals surface area contributed by atoms with Crippen LogP contribution in [0.3, 0.4) is 0 Å². The highest BCUT2D eigenvalue weighted by molar-refractivity contribution is 6.02. The molecule has 1 N–H and O–H groups in total. The number of carbonyl (C=O) groups is 1. The lowest BCUT2D eigenvalue weighted by Gasteiger charge is -2.10. The van der Waals surface area contributed by atoms with Crippen molar-refractivity contribution in [3.63, 3.8) is 0 Å². The second kappa shape index (κ2) is 6.43. The molecule has 0 saturated carbocycles. The zero-order valence-corrected chi connectivity index (χ0v) is 14.6. The monoisotopic (exact) mass is 337 g/mol. The second-order valence-electron chi connectivity index (χ2n) is 6.69. The molecular weight excluding hydrogens is 318 g/mol. The van der Waals surface area contributed by atoms with Crippen molar-refractivity contribution in [2.75, 3.05) is 5.32 Å². The zero-order chi connectivity index (χ0) is 18.0. The van der Waals surface area contributed by atoms with Gasteiger partial charge in [-0.25, -0.2) is 9.97 Å². The van der Waals surface area contributed by atoms with Crippen molar-refractivity contribution >= 4 is 11.6 Å². The Morgan fingerprint density at radius 2 is 1.80 bits per heavy atom. The smallest absolute Gasteiger partial charge is 0.274 e. The van der Waals surface area contributed by atoms with E-state index < -0.39 is 0 Å². The van der Waals surface area contributed by atoms with E-state index in [1.165, 1.54) is 0 Å². The van der Waals surface area contributed by atoms with Crippen LogP contribution in [0.5, 0.6) is 0 Å². The summed E-state index contributed by atoms with van der Waals surface area (Å²) in [6, 6.07) is 8.81. The van der Waals surface area contributed by atoms with Gasteiger partial charge in [-0.05, 0) is 37.3 Å². The molecule has 0 aliphatic rings. The third-order valence-corrected chi connectivity index (χ3v) is 3.48. The molecule has 0 aliphatic heterocycles. The summed E-state index contributed by atoms with van der Waals surface area (Å²) in [5.74, 6) is 1.37. The Bertz CT molecular complexity index is 894. The minimum Gasteiger partial charge on any atom is -0.338 e. The Balaban J connectivity index is 1.74. The van der Waals surface area contributed by atoms with Gasteiger partial charge in [-0.15, -0.1) is 0 Å². The molecule has 2 aromatic heterocycles. The molecule has 3 rings (SSSR count). The number of amides is 1. The van der Waals surface area contributed by atoms with E-state index in [-0.39, 0.29) is 11.3 Å². The second-order valence-corrected chi connectivity index (χ2v) is 6.69. The number of benzene rings is 1. The lowest BCUT2D eigenvalue weighted by Crippen LogP contribution is -2.14. The van der Waals surface area contributed by atoms with E-state index >= 15 is 0 Å². The van der Waals surface area contributed by atoms with E-state index in [1.807, 2.05) is 32.9 Å². The predicted molar refractivity (Wildman–Crippen MR) is 93.2 cm³/mol. The number of nitrogens with one attached hydrogen (secondary N) is 1. The summed E-state index contributed by atoms with van der Waals surface area (Å²) < 4.78 is 5.30. The topological polar surface area (TPSA) is 93.8 Å². The number of anilines is 1. The van der Waals surface area contributed by atoms with Crippen LogP contribution in [0.25, 0.3) is 11.4 Å². The number of hydrogen-bond donors (Lipinski definition) is 1. The van der Waals surface area contributed by atoms with E-state index in [2.05, 4.69) is 25.4 Å². The van der Waals surface area contributed by atoms with E-state index in [4.69, 9.17) is 4.52 Å². The Kier molecular flexibility index (Phi) is 4.31. The first-order chi connectivity index (χ1) is 11.8. The lowest BCUT2D eigenvalue weighted by molar-refractivity contribution is 0.102. The van der Waals surface area contributed by atoms with Crippen LogP contribution >= 0.6 is 0 Å². The highest BCUT2D eigenvalue weighted by Gasteiger charge is 2.22. The molecule has 7 nitrogen and oxygen atoms in total. The molecule has 25 heavy (non-hydrogen) atoms. The quantitative estimate of drug-likeness (QED) is 0.787. The summed E-state index contributed by atoms with van der Waals surface area (Å²) in [6.45, 7) is 7.77. The molecule has 0 bridgehead atoms. The Morgan fingerprint density at radius 3 is 2.40 bits per heavy atom. The van der Waals surface area contributed by atoms with Gasteiger partial charge in [0.25, 0.3) is 5.91 Å². The molecule has 0 aliphatic carbocycles. The van der Waals surface area contributed by atoms with E-state index in [1.54, 1.807) is 31.3 Å². The van der Waals surface area contributed by atoms with Gasteiger partial charge in [-0.2, -0.15) is 4.98 Å². The van der Waals surface area contributed by atoms with Gasteiger partial charge in [0.15, 0.2) is 0 Å². The number of rotatable bonds is 3. The van der Waals surface area contributed by atoms with Crippen molar-refractivity contribution in [2.24, 2.45) is 0 Å². The summed E-state index contributed by atoms with van der Waals surface area (Å²) in [5.41, 5.74) is 1.60. The SMILES string of the molecule is Cc1nccc(C(=O)Nc2ccc(-c3noc(C(C)(C)C)n3)cc2)n1. The van der Waals surface area contributed by atoms with Crippen LogP contribution in [0.4, 0.5) is 5.69 Å². The third-order valence-electron chi connectivity index (χ3n) is 3.48. The largest absolute Gasteiger partial charge is 0.338 e. The summed E-state index contributed by atoms with van der Waals surface area (Å²) in [5, 5.41) is 6.81. The summed E-state index contributed by atoms with van der Waals surface area (Å²) in [7, 11) is 0. The number of aryl methyl sites for hydroxylation is 1. The summed E-state index contributed by atoms with van der Waals surface area (Å²) >= 11 is 0. The Hall–Kier alpha value is -3.09. The Morgan fingerprint density at radius 1 is 1.08 bits per heavy atom. The highest BCUT2D eigenvalue weighted by Crippen LogP contribution is 2.24. The number of aromatic nitrogens is 4. The third kappa shape index (κ3) is 3.88. The van der Waals surface area contributed by atoms with Gasteiger partial charge in [0.1, 0.15) is 11.5 Å². The standard InChI is InChI=1S/C18H19N5O2/c1-11-19-10-9-14(20-11)16(24)21-13-7-5-12(6-8-13)15-22-17(25-23-15)18(2,3)4/h5-10H,1-4H3,(H,21,24). The van der Waals surface area contributed by atoms with Crippen LogP contribution in [0.15, 0.2) is 41.1 Å². The molecule has 0 fully saturated rings. The van der Waals surface area contributed by atoms with Crippen LogP contribution in [0, 0.1) is 6.92 Å². The fourth-order valence-electron chi connectivity index (χ4n) is 2.13. The first kappa shape index (κ1) is 16.8. The van der Waals surface area contributed by atoms with Gasteiger partial charge in [-0.1, -0.05) is 25.9 Å². The van der Waals surface area contributed by atoms with Crippen molar-refractivity contribution in [1.82, 2.24) is 20.1 Å². The molecule has 128 valence electrons. The average Bonchev–Trinajstić information content (AvgIpc) is 3.06. The molecule has 0 saturated heterocycles. The molecule has 0 radical (unpaired) electrons. The maximum Gasteiger partial charge on any atom is 0.274 e. The van der Waals surface area contributed by atoms with Crippen molar-refractivity contribution in [2.45, 2.75) is 33.1 Å². The van der Waals surface area contributed by atoms with Gasteiger partial charge in [0, 0.05) is 22.9 Å². The predicted octanol–water partition coefficient (Wildman–Crippen LogP) is 3.38. The Labute approximate surface area is 145 Å². The number of hydrogen-bond acceptors (Lipinski definition) is 6. The van der Waals surface area contributed by atoms with Crippen LogP contribution in [-0.2, 0) is 5.41 Å². The van der Waals surface area contributed by atoms with E-state index in [0.29, 0.717) is 28.9 Å². The normalized spacial score (nSPS) is 11.4. The van der Waals surface area contributed by atoms with Gasteiger partial charge in [0.05, 0.1) is 0 Å². The fraction of sp³-hybridized carbons (Fsp3) is 0.278. The fourth-order valence-corrected chi connectivity index (χ4v) is 2.13. The maximum atomic E-state index is 12.2. The van der Waals surface area contributed by atoms with Crippen molar-refractivity contribution in [3.8, 4) is 11.4 Å². The van der Waals surface area contributed by atoms with Gasteiger partial charge < -0.3 is 9.84 Å². The van der Waals surface area contributed by atoms with Gasteiger partial charge >= 0.3 is 0 Å². The lowest BCUT2D eigenvalue weighted by atomic mass is 9.97. The van der Waals surface area contributed by atoms with Crippen molar-refractivity contribution < 1.29 is 9.32 Å². The molecular formula is C18H19N5O2. The molecule has 0 atom stereocenters. The van der Waals surface area contributed by atoms with Crippen molar-refractivity contribution in [3.05, 3.63) is 53.9 Å².